The van der Waals surface area contributed by atoms with Gasteiger partial charge in [-0.1, -0.05) is 0 Å². The molecule has 0 atom stereocenters. The van der Waals surface area contributed by atoms with Crippen LogP contribution in [0.5, 0.6) is 0 Å². The Labute approximate surface area is 75.0 Å². The quantitative estimate of drug-likeness (QED) is 0.394. The molecule has 0 aromatic rings. The first-order chi connectivity index (χ1) is 3.72. The summed E-state index contributed by atoms with van der Waals surface area (Å²) in [6.07, 6.45) is 3.52. The summed E-state index contributed by atoms with van der Waals surface area (Å²) in [5.74, 6) is 0. The van der Waals surface area contributed by atoms with Crippen LogP contribution in [-0.2, 0) is 24.7 Å². The molecule has 0 spiro atoms. The number of halogens is 2. The average Bonchev–Trinajstić information content (AvgIpc) is 1.98. The minimum atomic E-state index is 0. The molecule has 0 unspecified atom stereocenters. The molecule has 0 heterocycles. The minimum absolute atomic E-state index is 0. The Morgan fingerprint density at radius 2 is 1.80 bits per heavy atom. The van der Waals surface area contributed by atoms with Gasteiger partial charge in [0.05, 0.1) is 0 Å². The Morgan fingerprint density at radius 1 is 1.30 bits per heavy atom. The standard InChI is InChI=1S/C7H9.2FH.Zr/c1-6-4-3-5-7(6)2;;;/h3H,4H2,1-2H3;2*1H;/q;;;+2/p-2. The Balaban J connectivity index is 0. The zero-order valence-electron chi connectivity index (χ0n) is 6.04. The average molecular weight is 222 g/mol. The van der Waals surface area contributed by atoms with Crippen molar-refractivity contribution in [2.75, 3.05) is 0 Å². The molecule has 0 amide bonds. The van der Waals surface area contributed by atoms with Gasteiger partial charge in [-0.2, -0.15) is 0 Å². The Hall–Kier alpha value is 0.223. The van der Waals surface area contributed by atoms with Crippen molar-refractivity contribution in [2.24, 2.45) is 0 Å². The number of hydrogen-bond acceptors (Lipinski definition) is 0. The van der Waals surface area contributed by atoms with Crippen LogP contribution in [0.3, 0.4) is 0 Å². The second kappa shape index (κ2) is 4.95. The fourth-order valence-electron chi connectivity index (χ4n) is 0.791. The van der Waals surface area contributed by atoms with Gasteiger partial charge in [0.1, 0.15) is 0 Å². The van der Waals surface area contributed by atoms with E-state index in [1.54, 1.807) is 33.6 Å². The first-order valence-electron chi connectivity index (χ1n) is 2.80. The van der Waals surface area contributed by atoms with E-state index in [-0.39, 0.29) is 9.41 Å². The van der Waals surface area contributed by atoms with Crippen LogP contribution in [0.4, 0.5) is 0 Å². The van der Waals surface area contributed by atoms with Gasteiger partial charge in [0, 0.05) is 0 Å². The molecule has 0 aromatic heterocycles. The van der Waals surface area contributed by atoms with Crippen molar-refractivity contribution in [1.29, 1.82) is 0 Å². The maximum absolute atomic E-state index is 2.32. The molecule has 0 radical (unpaired) electrons. The van der Waals surface area contributed by atoms with Crippen molar-refractivity contribution < 1.29 is 34.1 Å². The Kier molecular flexibility index (Phi) is 6.37. The van der Waals surface area contributed by atoms with Crippen molar-refractivity contribution in [1.82, 2.24) is 0 Å². The summed E-state index contributed by atoms with van der Waals surface area (Å²) in [6.45, 7) is 4.42. The monoisotopic (exact) mass is 221 g/mol. The van der Waals surface area contributed by atoms with Crippen LogP contribution in [0.15, 0.2) is 20.5 Å². The molecule has 55 valence electrons. The second-order valence-corrected chi connectivity index (χ2v) is 3.55. The van der Waals surface area contributed by atoms with Crippen LogP contribution in [0.25, 0.3) is 0 Å². The molecule has 0 aromatic carbocycles. The van der Waals surface area contributed by atoms with Crippen LogP contribution in [0, 0.1) is 0 Å². The molecule has 0 aliphatic heterocycles. The third kappa shape index (κ3) is 2.45. The molecule has 0 N–H and O–H groups in total. The molecule has 1 aliphatic carbocycles. The maximum atomic E-state index is 2.32. The van der Waals surface area contributed by atoms with Gasteiger partial charge in [-0.3, -0.25) is 0 Å². The maximum Gasteiger partial charge on any atom is -1.00 e. The summed E-state index contributed by atoms with van der Waals surface area (Å²) in [4.78, 5) is 0. The van der Waals surface area contributed by atoms with E-state index in [0.717, 1.165) is 0 Å². The summed E-state index contributed by atoms with van der Waals surface area (Å²) in [6, 6.07) is 0. The molecule has 0 saturated heterocycles. The van der Waals surface area contributed by atoms with Gasteiger partial charge >= 0.3 is 65.5 Å². The molecule has 1 aliphatic rings. The Morgan fingerprint density at radius 3 is 1.90 bits per heavy atom. The molecule has 0 saturated carbocycles. The van der Waals surface area contributed by atoms with E-state index in [4.69, 9.17) is 0 Å². The van der Waals surface area contributed by atoms with Crippen molar-refractivity contribution in [3.8, 4) is 0 Å². The van der Waals surface area contributed by atoms with Gasteiger partial charge in [-0.05, 0) is 0 Å². The van der Waals surface area contributed by atoms with Crippen LogP contribution < -0.4 is 9.41 Å². The summed E-state index contributed by atoms with van der Waals surface area (Å²) in [7, 11) is 0. The predicted molar refractivity (Wildman–Crippen MR) is 31.1 cm³/mol. The van der Waals surface area contributed by atoms with E-state index in [1.165, 1.54) is 12.0 Å². The van der Waals surface area contributed by atoms with Crippen LogP contribution >= 0.6 is 0 Å². The number of hydrogen-bond donors (Lipinski definition) is 0. The summed E-state index contributed by atoms with van der Waals surface area (Å²) in [5.41, 5.74) is 3.08. The summed E-state index contributed by atoms with van der Waals surface area (Å²) < 4.78 is 1.55. The molecular weight excluding hydrogens is 213 g/mol. The van der Waals surface area contributed by atoms with E-state index < -0.39 is 0 Å². The molecule has 0 fully saturated rings. The van der Waals surface area contributed by atoms with E-state index in [1.807, 2.05) is 0 Å². The predicted octanol–water partition coefficient (Wildman–Crippen LogP) is -3.83. The fraction of sp³-hybridized carbons (Fsp3) is 0.429. The van der Waals surface area contributed by atoms with Gasteiger partial charge in [0.25, 0.3) is 0 Å². The molecular formula is C7H9F2Zr. The zero-order chi connectivity index (χ0) is 6.15. The van der Waals surface area contributed by atoms with Crippen molar-refractivity contribution in [2.45, 2.75) is 20.3 Å². The van der Waals surface area contributed by atoms with E-state index >= 15 is 0 Å². The van der Waals surface area contributed by atoms with E-state index in [2.05, 4.69) is 19.9 Å². The van der Waals surface area contributed by atoms with Crippen molar-refractivity contribution >= 4 is 0 Å². The number of allylic oxidation sites excluding steroid dienone is 4. The van der Waals surface area contributed by atoms with Gasteiger partial charge in [-0.15, -0.1) is 0 Å². The van der Waals surface area contributed by atoms with Gasteiger partial charge in [0.15, 0.2) is 0 Å². The number of rotatable bonds is 0. The van der Waals surface area contributed by atoms with Crippen LogP contribution in [0.1, 0.15) is 20.3 Å². The molecule has 1 rings (SSSR count). The topological polar surface area (TPSA) is 0 Å². The largest absolute Gasteiger partial charge is 1.00 e. The fourth-order valence-corrected chi connectivity index (χ4v) is 1.57. The third-order valence-corrected chi connectivity index (χ3v) is 3.08. The second-order valence-electron chi connectivity index (χ2n) is 2.23. The molecule has 0 nitrogen and oxygen atoms in total. The van der Waals surface area contributed by atoms with E-state index in [0.29, 0.717) is 0 Å². The first kappa shape index (κ1) is 12.9. The van der Waals surface area contributed by atoms with Gasteiger partial charge in [-0.25, -0.2) is 0 Å². The molecule has 3 heteroatoms. The molecule has 10 heavy (non-hydrogen) atoms. The summed E-state index contributed by atoms with van der Waals surface area (Å²) >= 11 is 1.56. The Bertz CT molecular complexity index is 165. The van der Waals surface area contributed by atoms with Gasteiger partial charge < -0.3 is 9.41 Å². The van der Waals surface area contributed by atoms with Crippen molar-refractivity contribution in [3.63, 3.8) is 0 Å². The molecule has 0 bridgehead atoms. The third-order valence-electron chi connectivity index (χ3n) is 1.66. The zero-order valence-corrected chi connectivity index (χ0v) is 8.50. The minimum Gasteiger partial charge on any atom is -1.00 e. The first-order valence-corrected chi connectivity index (χ1v) is 4.03. The van der Waals surface area contributed by atoms with Crippen LogP contribution in [0.2, 0.25) is 0 Å². The van der Waals surface area contributed by atoms with Gasteiger partial charge in [0.2, 0.25) is 0 Å². The van der Waals surface area contributed by atoms with E-state index in [9.17, 15) is 0 Å². The van der Waals surface area contributed by atoms with Crippen molar-refractivity contribution in [3.05, 3.63) is 20.5 Å². The normalized spacial score (nSPS) is 15.8. The SMILES string of the molecule is CC1=C(C)[C]([Zr+2])=CC1.[F-].[F-]. The van der Waals surface area contributed by atoms with Crippen LogP contribution in [-0.4, -0.2) is 0 Å². The summed E-state index contributed by atoms with van der Waals surface area (Å²) in [5, 5.41) is 0. The smallest absolute Gasteiger partial charge is 1.00 e.